The number of methoxy groups -OCH3 is 1. The highest BCUT2D eigenvalue weighted by Gasteiger charge is 2.41. The fourth-order valence-corrected chi connectivity index (χ4v) is 6.28. The predicted octanol–water partition coefficient (Wildman–Crippen LogP) is 3.15. The Bertz CT molecular complexity index is 1710. The van der Waals surface area contributed by atoms with Crippen molar-refractivity contribution < 1.29 is 22.7 Å². The standard InChI is InChI=1S/C29H29N5O5S/c1-34(25-14-26(25)38-2)28-5-3-4-22(33-28)23-9-8-19-15-30-21(13-24(19)32-23)16-31-29(35)18-6-7-20-17-39-10-11-40(36,37)27(20)12-18/h3-9,12-13,15,25-26H,10-11,14,16-17H2,1-2H3,(H,31,35)/t25-,26-/m1/s1. The molecule has 0 radical (unpaired) electrons. The lowest BCUT2D eigenvalue weighted by Crippen LogP contribution is -2.24. The number of anilines is 1. The summed E-state index contributed by atoms with van der Waals surface area (Å²) in [5.41, 5.74) is 3.68. The van der Waals surface area contributed by atoms with Gasteiger partial charge in [-0.25, -0.2) is 18.4 Å². The number of fused-ring (bicyclic) bond motifs is 2. The zero-order valence-electron chi connectivity index (χ0n) is 22.2. The number of amides is 1. The fraction of sp³-hybridized carbons (Fsp3) is 0.310. The van der Waals surface area contributed by atoms with Crippen molar-refractivity contribution in [2.24, 2.45) is 0 Å². The van der Waals surface area contributed by atoms with E-state index in [1.165, 1.54) is 6.07 Å². The minimum atomic E-state index is -3.50. The molecule has 6 rings (SSSR count). The molecule has 1 fully saturated rings. The first-order valence-electron chi connectivity index (χ1n) is 13.0. The first-order chi connectivity index (χ1) is 19.3. The van der Waals surface area contributed by atoms with Crippen LogP contribution in [0.25, 0.3) is 22.3 Å². The number of carbonyl (C=O) groups is 1. The lowest BCUT2D eigenvalue weighted by Gasteiger charge is -2.18. The van der Waals surface area contributed by atoms with E-state index < -0.39 is 9.84 Å². The second-order valence-electron chi connectivity index (χ2n) is 10.0. The van der Waals surface area contributed by atoms with Crippen molar-refractivity contribution in [3.05, 3.63) is 77.6 Å². The van der Waals surface area contributed by atoms with E-state index >= 15 is 0 Å². The van der Waals surface area contributed by atoms with Crippen LogP contribution < -0.4 is 10.2 Å². The highest BCUT2D eigenvalue weighted by atomic mass is 32.2. The second kappa shape index (κ2) is 10.6. The van der Waals surface area contributed by atoms with Crippen LogP contribution in [-0.2, 0) is 32.5 Å². The van der Waals surface area contributed by atoms with E-state index in [-0.39, 0.29) is 48.0 Å². The Morgan fingerprint density at radius 2 is 1.98 bits per heavy atom. The van der Waals surface area contributed by atoms with Crippen molar-refractivity contribution >= 4 is 32.5 Å². The maximum atomic E-state index is 12.9. The van der Waals surface area contributed by atoms with Crippen molar-refractivity contribution in [2.75, 3.05) is 31.4 Å². The lowest BCUT2D eigenvalue weighted by atomic mass is 10.1. The van der Waals surface area contributed by atoms with Crippen molar-refractivity contribution in [3.63, 3.8) is 0 Å². The molecule has 3 aromatic heterocycles. The first kappa shape index (κ1) is 26.3. The number of likely N-dealkylation sites (N-methyl/N-ethyl adjacent to an activating group) is 1. The molecule has 1 amide bonds. The van der Waals surface area contributed by atoms with Gasteiger partial charge in [-0.3, -0.25) is 9.78 Å². The van der Waals surface area contributed by atoms with E-state index in [0.29, 0.717) is 17.3 Å². The molecule has 1 aliphatic carbocycles. The number of nitrogens with zero attached hydrogens (tertiary/aromatic N) is 4. The van der Waals surface area contributed by atoms with Crippen LogP contribution in [0.15, 0.2) is 65.7 Å². The smallest absolute Gasteiger partial charge is 0.251 e. The Hall–Kier alpha value is -3.93. The third kappa shape index (κ3) is 5.27. The molecule has 0 unspecified atom stereocenters. The summed E-state index contributed by atoms with van der Waals surface area (Å²) in [5, 5.41) is 3.70. The topological polar surface area (TPSA) is 124 Å². The number of pyridine rings is 3. The van der Waals surface area contributed by atoms with Crippen molar-refractivity contribution in [2.45, 2.75) is 36.6 Å². The maximum absolute atomic E-state index is 12.9. The number of carbonyl (C=O) groups excluding carboxylic acids is 1. The molecule has 1 N–H and O–H groups in total. The monoisotopic (exact) mass is 559 g/mol. The van der Waals surface area contributed by atoms with Gasteiger partial charge in [0.15, 0.2) is 9.84 Å². The minimum Gasteiger partial charge on any atom is -0.379 e. The highest BCUT2D eigenvalue weighted by Crippen LogP contribution is 2.33. The summed E-state index contributed by atoms with van der Waals surface area (Å²) in [6.07, 6.45) is 2.94. The molecule has 206 valence electrons. The van der Waals surface area contributed by atoms with Gasteiger partial charge >= 0.3 is 0 Å². The van der Waals surface area contributed by atoms with Crippen molar-refractivity contribution in [3.8, 4) is 11.4 Å². The maximum Gasteiger partial charge on any atom is 0.251 e. The molecule has 4 heterocycles. The molecule has 2 aliphatic rings. The molecule has 1 saturated carbocycles. The summed E-state index contributed by atoms with van der Waals surface area (Å²) in [4.78, 5) is 29.3. The number of rotatable bonds is 7. The van der Waals surface area contributed by atoms with E-state index in [4.69, 9.17) is 19.4 Å². The summed E-state index contributed by atoms with van der Waals surface area (Å²) in [6, 6.07) is 16.6. The van der Waals surface area contributed by atoms with Crippen molar-refractivity contribution in [1.29, 1.82) is 0 Å². The summed E-state index contributed by atoms with van der Waals surface area (Å²) in [6.45, 7) is 0.502. The third-order valence-electron chi connectivity index (χ3n) is 7.34. The van der Waals surface area contributed by atoms with Gasteiger partial charge < -0.3 is 19.7 Å². The summed E-state index contributed by atoms with van der Waals surface area (Å²) < 4.78 is 36.0. The van der Waals surface area contributed by atoms with Gasteiger partial charge in [0.05, 0.1) is 65.2 Å². The number of sulfone groups is 1. The normalized spacial score (nSPS) is 19.4. The van der Waals surface area contributed by atoms with Gasteiger partial charge in [-0.05, 0) is 54.4 Å². The molecule has 10 nitrogen and oxygen atoms in total. The van der Waals surface area contributed by atoms with Crippen LogP contribution in [0.1, 0.15) is 28.0 Å². The van der Waals surface area contributed by atoms with Gasteiger partial charge in [-0.15, -0.1) is 0 Å². The van der Waals surface area contributed by atoms with Crippen LogP contribution in [0, 0.1) is 0 Å². The highest BCUT2D eigenvalue weighted by molar-refractivity contribution is 7.91. The average Bonchev–Trinajstić information content (AvgIpc) is 3.79. The van der Waals surface area contributed by atoms with Crippen LogP contribution in [0.3, 0.4) is 0 Å². The Labute approximate surface area is 232 Å². The van der Waals surface area contributed by atoms with E-state index in [2.05, 4.69) is 15.2 Å². The third-order valence-corrected chi connectivity index (χ3v) is 9.09. The van der Waals surface area contributed by atoms with Crippen molar-refractivity contribution in [1.82, 2.24) is 20.3 Å². The quantitative estimate of drug-likeness (QED) is 0.364. The summed E-state index contributed by atoms with van der Waals surface area (Å²) >= 11 is 0. The lowest BCUT2D eigenvalue weighted by molar-refractivity contribution is 0.0950. The number of aromatic nitrogens is 3. The number of ether oxygens (including phenoxy) is 2. The molecule has 0 saturated heterocycles. The molecule has 1 aromatic carbocycles. The van der Waals surface area contributed by atoms with Crippen LogP contribution in [-0.4, -0.2) is 67.9 Å². The molecule has 1 aliphatic heterocycles. The van der Waals surface area contributed by atoms with Gasteiger partial charge in [-0.1, -0.05) is 12.1 Å². The van der Waals surface area contributed by atoms with E-state index in [1.807, 2.05) is 43.4 Å². The van der Waals surface area contributed by atoms with Crippen LogP contribution in [0.4, 0.5) is 5.82 Å². The van der Waals surface area contributed by atoms with Gasteiger partial charge in [0.1, 0.15) is 5.82 Å². The average molecular weight is 560 g/mol. The van der Waals surface area contributed by atoms with Gasteiger partial charge in [-0.2, -0.15) is 0 Å². The molecule has 4 aromatic rings. The van der Waals surface area contributed by atoms with E-state index in [1.54, 1.807) is 25.4 Å². The molecule has 2 atom stereocenters. The molecule has 0 bridgehead atoms. The van der Waals surface area contributed by atoms with Crippen LogP contribution >= 0.6 is 0 Å². The largest absolute Gasteiger partial charge is 0.379 e. The Kier molecular flexibility index (Phi) is 6.95. The molecular weight excluding hydrogens is 530 g/mol. The van der Waals surface area contributed by atoms with Crippen LogP contribution in [0.5, 0.6) is 0 Å². The zero-order chi connectivity index (χ0) is 27.9. The van der Waals surface area contributed by atoms with E-state index in [9.17, 15) is 13.2 Å². The SMILES string of the molecule is CO[C@@H]1C[C@H]1N(C)c1cccc(-c2ccc3cnc(CNC(=O)c4ccc5c(c4)S(=O)(=O)CCOC5)cc3n2)n1. The number of nitrogens with one attached hydrogen (secondary N) is 1. The molecule has 0 spiro atoms. The molecule has 40 heavy (non-hydrogen) atoms. The van der Waals surface area contributed by atoms with Gasteiger partial charge in [0, 0.05) is 31.3 Å². The summed E-state index contributed by atoms with van der Waals surface area (Å²) in [7, 11) is 0.248. The van der Waals surface area contributed by atoms with Gasteiger partial charge in [0.25, 0.3) is 5.91 Å². The number of hydrogen-bond acceptors (Lipinski definition) is 9. The van der Waals surface area contributed by atoms with E-state index in [0.717, 1.165) is 34.5 Å². The number of benzene rings is 1. The zero-order valence-corrected chi connectivity index (χ0v) is 23.0. The van der Waals surface area contributed by atoms with Gasteiger partial charge in [0.2, 0.25) is 0 Å². The summed E-state index contributed by atoms with van der Waals surface area (Å²) in [5.74, 6) is 0.371. The van der Waals surface area contributed by atoms with Crippen LogP contribution in [0.2, 0.25) is 0 Å². The Balaban J connectivity index is 1.19. The second-order valence-corrected chi connectivity index (χ2v) is 12.1. The Morgan fingerprint density at radius 1 is 1.12 bits per heavy atom. The molecule has 11 heteroatoms. The molecular formula is C29H29N5O5S. The fourth-order valence-electron chi connectivity index (χ4n) is 4.89. The number of hydrogen-bond donors (Lipinski definition) is 1. The first-order valence-corrected chi connectivity index (χ1v) is 14.7. The Morgan fingerprint density at radius 3 is 2.80 bits per heavy atom. The predicted molar refractivity (Wildman–Crippen MR) is 150 cm³/mol. The minimum absolute atomic E-state index is 0.105.